The highest BCUT2D eigenvalue weighted by Crippen LogP contribution is 2.20. The highest BCUT2D eigenvalue weighted by atomic mass is 16.1. The minimum atomic E-state index is -0.221. The molecule has 1 fully saturated rings. The lowest BCUT2D eigenvalue weighted by Crippen LogP contribution is -2.47. The summed E-state index contributed by atoms with van der Waals surface area (Å²) in [6.07, 6.45) is 6.31. The minimum Gasteiger partial charge on any atom is -0.370 e. The van der Waals surface area contributed by atoms with Crippen LogP contribution in [0.4, 0.5) is 0 Å². The molecule has 1 aliphatic heterocycles. The van der Waals surface area contributed by atoms with Gasteiger partial charge in [-0.25, -0.2) is 4.99 Å². The van der Waals surface area contributed by atoms with Crippen molar-refractivity contribution in [1.29, 1.82) is 0 Å². The molecule has 3 rings (SSSR count). The number of aromatic nitrogens is 2. The predicted molar refractivity (Wildman–Crippen MR) is 111 cm³/mol. The van der Waals surface area contributed by atoms with Gasteiger partial charge < -0.3 is 16.0 Å². The van der Waals surface area contributed by atoms with Gasteiger partial charge in [0.1, 0.15) is 0 Å². The van der Waals surface area contributed by atoms with Crippen LogP contribution < -0.4 is 11.1 Å². The quantitative estimate of drug-likeness (QED) is 0.566. The van der Waals surface area contributed by atoms with Crippen molar-refractivity contribution in [3.63, 3.8) is 0 Å². The molecule has 7 heteroatoms. The number of likely N-dealkylation sites (tertiary alicyclic amines) is 1. The van der Waals surface area contributed by atoms with Gasteiger partial charge in [-0.15, -0.1) is 0 Å². The topological polar surface area (TPSA) is 88.5 Å². The van der Waals surface area contributed by atoms with Crippen molar-refractivity contribution in [1.82, 2.24) is 20.0 Å². The van der Waals surface area contributed by atoms with Gasteiger partial charge in [0, 0.05) is 38.4 Å². The average molecular weight is 383 g/mol. The van der Waals surface area contributed by atoms with Crippen LogP contribution >= 0.6 is 0 Å². The summed E-state index contributed by atoms with van der Waals surface area (Å²) in [6, 6.07) is 10.3. The number of carbonyl (C=O) groups is 1. The first-order chi connectivity index (χ1) is 13.7. The van der Waals surface area contributed by atoms with Crippen molar-refractivity contribution in [2.75, 3.05) is 19.6 Å². The van der Waals surface area contributed by atoms with E-state index in [1.54, 1.807) is 6.20 Å². The van der Waals surface area contributed by atoms with E-state index < -0.39 is 0 Å². The van der Waals surface area contributed by atoms with Crippen molar-refractivity contribution < 1.29 is 4.79 Å². The highest BCUT2D eigenvalue weighted by Gasteiger charge is 2.23. The summed E-state index contributed by atoms with van der Waals surface area (Å²) in [5.74, 6) is 0.995. The summed E-state index contributed by atoms with van der Waals surface area (Å²) in [7, 11) is 0. The van der Waals surface area contributed by atoms with Crippen molar-refractivity contribution in [3.8, 4) is 0 Å². The predicted octanol–water partition coefficient (Wildman–Crippen LogP) is 1.98. The van der Waals surface area contributed by atoms with Crippen LogP contribution in [0.3, 0.4) is 0 Å². The number of benzene rings is 1. The maximum absolute atomic E-state index is 11.3. The van der Waals surface area contributed by atoms with E-state index in [-0.39, 0.29) is 5.91 Å². The second-order valence-electron chi connectivity index (χ2n) is 7.27. The van der Waals surface area contributed by atoms with Gasteiger partial charge in [-0.05, 0) is 42.9 Å². The van der Waals surface area contributed by atoms with E-state index in [1.807, 2.05) is 23.0 Å². The summed E-state index contributed by atoms with van der Waals surface area (Å²) >= 11 is 0. The van der Waals surface area contributed by atoms with Crippen molar-refractivity contribution in [2.45, 2.75) is 39.3 Å². The number of primary amides is 1. The molecular formula is C21H30N6O. The average Bonchev–Trinajstić information content (AvgIpc) is 3.19. The lowest BCUT2D eigenvalue weighted by Gasteiger charge is -2.34. The molecule has 28 heavy (non-hydrogen) atoms. The van der Waals surface area contributed by atoms with E-state index in [0.717, 1.165) is 45.0 Å². The van der Waals surface area contributed by atoms with Crippen LogP contribution in [0.15, 0.2) is 47.7 Å². The SMILES string of the molecule is CCNC(=NCc1ccccc1Cn1cccn1)N1CCCC(CC(N)=O)C1. The molecule has 1 unspecified atom stereocenters. The summed E-state index contributed by atoms with van der Waals surface area (Å²) in [6.45, 7) is 6.01. The number of guanidine groups is 1. The molecule has 0 aliphatic carbocycles. The Hall–Kier alpha value is -2.83. The van der Waals surface area contributed by atoms with E-state index in [4.69, 9.17) is 10.7 Å². The van der Waals surface area contributed by atoms with Crippen LogP contribution in [-0.2, 0) is 17.9 Å². The van der Waals surface area contributed by atoms with Crippen LogP contribution in [-0.4, -0.2) is 46.2 Å². The third-order valence-corrected chi connectivity index (χ3v) is 5.05. The van der Waals surface area contributed by atoms with E-state index in [9.17, 15) is 4.79 Å². The van der Waals surface area contributed by atoms with Gasteiger partial charge in [-0.1, -0.05) is 24.3 Å². The fourth-order valence-corrected chi connectivity index (χ4v) is 3.73. The second-order valence-corrected chi connectivity index (χ2v) is 7.27. The molecule has 0 spiro atoms. The Kier molecular flexibility index (Phi) is 7.06. The standard InChI is InChI=1S/C21H30N6O/c1-2-23-21(26-11-5-7-17(15-26)13-20(22)28)24-14-18-8-3-4-9-19(18)16-27-12-6-10-25-27/h3-4,6,8-10,12,17H,2,5,7,11,13-16H2,1H3,(H2,22,28)(H,23,24). The van der Waals surface area contributed by atoms with Gasteiger partial charge in [0.05, 0.1) is 13.1 Å². The van der Waals surface area contributed by atoms with Gasteiger partial charge in [-0.2, -0.15) is 5.10 Å². The first-order valence-electron chi connectivity index (χ1n) is 10.0. The molecule has 0 bridgehead atoms. The number of hydrogen-bond acceptors (Lipinski definition) is 3. The monoisotopic (exact) mass is 382 g/mol. The molecule has 3 N–H and O–H groups in total. The number of amides is 1. The second kappa shape index (κ2) is 9.92. The van der Waals surface area contributed by atoms with E-state index in [0.29, 0.717) is 18.9 Å². The minimum absolute atomic E-state index is 0.221. The fourth-order valence-electron chi connectivity index (χ4n) is 3.73. The van der Waals surface area contributed by atoms with Crippen LogP contribution in [0, 0.1) is 5.92 Å². The zero-order chi connectivity index (χ0) is 19.8. The Morgan fingerprint density at radius 2 is 2.14 bits per heavy atom. The van der Waals surface area contributed by atoms with Crippen molar-refractivity contribution in [2.24, 2.45) is 16.6 Å². The lowest BCUT2D eigenvalue weighted by molar-refractivity contribution is -0.119. The number of aliphatic imine (C=N–C) groups is 1. The zero-order valence-electron chi connectivity index (χ0n) is 16.6. The number of nitrogens with zero attached hydrogens (tertiary/aromatic N) is 4. The van der Waals surface area contributed by atoms with Crippen molar-refractivity contribution in [3.05, 3.63) is 53.9 Å². The van der Waals surface area contributed by atoms with Crippen LogP contribution in [0.1, 0.15) is 37.3 Å². The Morgan fingerprint density at radius 1 is 1.32 bits per heavy atom. The molecule has 150 valence electrons. The molecule has 1 atom stereocenters. The Labute approximate surface area is 166 Å². The fraction of sp³-hybridized carbons (Fsp3) is 0.476. The summed E-state index contributed by atoms with van der Waals surface area (Å²) in [5.41, 5.74) is 7.81. The summed E-state index contributed by atoms with van der Waals surface area (Å²) in [4.78, 5) is 18.5. The lowest BCUT2D eigenvalue weighted by atomic mass is 9.95. The number of hydrogen-bond donors (Lipinski definition) is 2. The molecule has 2 aromatic rings. The Bertz CT molecular complexity index is 786. The molecule has 0 saturated carbocycles. The Morgan fingerprint density at radius 3 is 2.86 bits per heavy atom. The first kappa shape index (κ1) is 19.9. The van der Waals surface area contributed by atoms with E-state index in [2.05, 4.69) is 40.4 Å². The smallest absolute Gasteiger partial charge is 0.217 e. The largest absolute Gasteiger partial charge is 0.370 e. The van der Waals surface area contributed by atoms with Gasteiger partial charge in [0.15, 0.2) is 5.96 Å². The molecule has 1 aliphatic rings. The van der Waals surface area contributed by atoms with Gasteiger partial charge in [-0.3, -0.25) is 9.48 Å². The molecule has 1 saturated heterocycles. The highest BCUT2D eigenvalue weighted by molar-refractivity contribution is 5.80. The molecule has 1 aromatic heterocycles. The van der Waals surface area contributed by atoms with Crippen molar-refractivity contribution >= 4 is 11.9 Å². The first-order valence-corrected chi connectivity index (χ1v) is 10.0. The number of carbonyl (C=O) groups excluding carboxylic acids is 1. The molecule has 7 nitrogen and oxygen atoms in total. The molecule has 2 heterocycles. The van der Waals surface area contributed by atoms with Crippen LogP contribution in [0.2, 0.25) is 0 Å². The molecule has 0 radical (unpaired) electrons. The van der Waals surface area contributed by atoms with Gasteiger partial charge in [0.2, 0.25) is 5.91 Å². The molecular weight excluding hydrogens is 352 g/mol. The molecule has 1 aromatic carbocycles. The zero-order valence-corrected chi connectivity index (χ0v) is 16.6. The van der Waals surface area contributed by atoms with E-state index in [1.165, 1.54) is 11.1 Å². The maximum Gasteiger partial charge on any atom is 0.217 e. The number of nitrogens with one attached hydrogen (secondary N) is 1. The maximum atomic E-state index is 11.3. The number of piperidine rings is 1. The number of rotatable bonds is 7. The summed E-state index contributed by atoms with van der Waals surface area (Å²) in [5, 5.41) is 7.71. The Balaban J connectivity index is 1.72. The van der Waals surface area contributed by atoms with E-state index >= 15 is 0 Å². The summed E-state index contributed by atoms with van der Waals surface area (Å²) < 4.78 is 1.92. The van der Waals surface area contributed by atoms with Crippen LogP contribution in [0.25, 0.3) is 0 Å². The third kappa shape index (κ3) is 5.58. The van der Waals surface area contributed by atoms with Crippen LogP contribution in [0.5, 0.6) is 0 Å². The third-order valence-electron chi connectivity index (χ3n) is 5.05. The van der Waals surface area contributed by atoms with Gasteiger partial charge in [0.25, 0.3) is 0 Å². The normalized spacial score (nSPS) is 17.5. The number of nitrogens with two attached hydrogens (primary N) is 1. The van der Waals surface area contributed by atoms with Gasteiger partial charge >= 0.3 is 0 Å². The molecule has 1 amide bonds.